The highest BCUT2D eigenvalue weighted by Crippen LogP contribution is 2.15. The van der Waals surface area contributed by atoms with Crippen molar-refractivity contribution in [2.45, 2.75) is 20.4 Å². The summed E-state index contributed by atoms with van der Waals surface area (Å²) in [5.41, 5.74) is 8.74. The van der Waals surface area contributed by atoms with E-state index in [1.807, 2.05) is 25.1 Å². The van der Waals surface area contributed by atoms with Crippen LogP contribution in [0.1, 0.15) is 18.1 Å². The monoisotopic (exact) mass is 222 g/mol. The number of hydrogen-bond donors (Lipinski definition) is 2. The Hall–Kier alpha value is -1.55. The van der Waals surface area contributed by atoms with Gasteiger partial charge in [0.1, 0.15) is 0 Å². The minimum atomic E-state index is -0.241. The molecule has 1 aromatic rings. The topological polar surface area (TPSA) is 64.3 Å². The zero-order valence-electron chi connectivity index (χ0n) is 9.75. The fourth-order valence-corrected chi connectivity index (χ4v) is 1.47. The minimum Gasteiger partial charge on any atom is -0.465 e. The Morgan fingerprint density at radius 1 is 1.50 bits per heavy atom. The molecule has 0 amide bonds. The van der Waals surface area contributed by atoms with E-state index in [1.54, 1.807) is 6.92 Å². The number of aryl methyl sites for hydroxylation is 1. The number of ether oxygens (including phenoxy) is 1. The molecule has 1 aromatic carbocycles. The SMILES string of the molecule is CCOC(=O)CNCc1c(C)cccc1N. The van der Waals surface area contributed by atoms with E-state index < -0.39 is 0 Å². The van der Waals surface area contributed by atoms with Gasteiger partial charge < -0.3 is 15.8 Å². The van der Waals surface area contributed by atoms with E-state index in [9.17, 15) is 4.79 Å². The average molecular weight is 222 g/mol. The van der Waals surface area contributed by atoms with E-state index in [4.69, 9.17) is 10.5 Å². The van der Waals surface area contributed by atoms with Crippen molar-refractivity contribution >= 4 is 11.7 Å². The van der Waals surface area contributed by atoms with Crippen LogP contribution >= 0.6 is 0 Å². The molecule has 0 saturated heterocycles. The molecule has 0 aliphatic heterocycles. The van der Waals surface area contributed by atoms with Crippen LogP contribution in [-0.4, -0.2) is 19.1 Å². The van der Waals surface area contributed by atoms with Gasteiger partial charge in [0.05, 0.1) is 13.2 Å². The van der Waals surface area contributed by atoms with Crippen LogP contribution in [0.25, 0.3) is 0 Å². The van der Waals surface area contributed by atoms with E-state index >= 15 is 0 Å². The van der Waals surface area contributed by atoms with Gasteiger partial charge in [-0.3, -0.25) is 4.79 Å². The summed E-state index contributed by atoms with van der Waals surface area (Å²) >= 11 is 0. The lowest BCUT2D eigenvalue weighted by Gasteiger charge is -2.10. The van der Waals surface area contributed by atoms with Crippen LogP contribution in [0, 0.1) is 6.92 Å². The van der Waals surface area contributed by atoms with Gasteiger partial charge in [0, 0.05) is 12.2 Å². The first-order chi connectivity index (χ1) is 7.65. The maximum atomic E-state index is 11.1. The molecule has 0 radical (unpaired) electrons. The van der Waals surface area contributed by atoms with Gasteiger partial charge in [0.15, 0.2) is 0 Å². The Morgan fingerprint density at radius 3 is 2.88 bits per heavy atom. The van der Waals surface area contributed by atoms with Gasteiger partial charge in [0.25, 0.3) is 0 Å². The van der Waals surface area contributed by atoms with Crippen molar-refractivity contribution < 1.29 is 9.53 Å². The summed E-state index contributed by atoms with van der Waals surface area (Å²) in [4.78, 5) is 11.1. The highest BCUT2D eigenvalue weighted by Gasteiger charge is 2.04. The number of carbonyl (C=O) groups is 1. The van der Waals surface area contributed by atoms with Crippen LogP contribution in [0.2, 0.25) is 0 Å². The standard InChI is InChI=1S/C12H18N2O2/c1-3-16-12(15)8-14-7-10-9(2)5-4-6-11(10)13/h4-6,14H,3,7-8,13H2,1-2H3. The molecular formula is C12H18N2O2. The molecule has 88 valence electrons. The number of carbonyl (C=O) groups excluding carboxylic acids is 1. The zero-order chi connectivity index (χ0) is 12.0. The molecule has 0 aromatic heterocycles. The predicted molar refractivity (Wildman–Crippen MR) is 63.9 cm³/mol. The van der Waals surface area contributed by atoms with E-state index in [1.165, 1.54) is 0 Å². The van der Waals surface area contributed by atoms with Crippen molar-refractivity contribution in [1.82, 2.24) is 5.32 Å². The van der Waals surface area contributed by atoms with Crippen LogP contribution < -0.4 is 11.1 Å². The molecular weight excluding hydrogens is 204 g/mol. The molecule has 0 fully saturated rings. The van der Waals surface area contributed by atoms with Gasteiger partial charge in [-0.2, -0.15) is 0 Å². The minimum absolute atomic E-state index is 0.210. The lowest BCUT2D eigenvalue weighted by molar-refractivity contribution is -0.142. The normalized spacial score (nSPS) is 10.1. The van der Waals surface area contributed by atoms with Crippen LogP contribution in [-0.2, 0) is 16.1 Å². The number of benzene rings is 1. The highest BCUT2D eigenvalue weighted by atomic mass is 16.5. The number of nitrogens with two attached hydrogens (primary N) is 1. The highest BCUT2D eigenvalue weighted by molar-refractivity contribution is 5.71. The van der Waals surface area contributed by atoms with Crippen LogP contribution in [0.5, 0.6) is 0 Å². The molecule has 0 heterocycles. The lowest BCUT2D eigenvalue weighted by Crippen LogP contribution is -2.25. The number of nitrogen functional groups attached to an aromatic ring is 1. The van der Waals surface area contributed by atoms with Crippen molar-refractivity contribution in [3.63, 3.8) is 0 Å². The molecule has 0 atom stereocenters. The Morgan fingerprint density at radius 2 is 2.25 bits per heavy atom. The third-order valence-corrected chi connectivity index (χ3v) is 2.32. The first kappa shape index (κ1) is 12.5. The average Bonchev–Trinajstić information content (AvgIpc) is 2.23. The van der Waals surface area contributed by atoms with E-state index in [0.717, 1.165) is 16.8 Å². The van der Waals surface area contributed by atoms with Gasteiger partial charge in [-0.15, -0.1) is 0 Å². The van der Waals surface area contributed by atoms with Crippen molar-refractivity contribution in [3.05, 3.63) is 29.3 Å². The number of nitrogens with one attached hydrogen (secondary N) is 1. The Kier molecular flexibility index (Phi) is 4.79. The summed E-state index contributed by atoms with van der Waals surface area (Å²) in [7, 11) is 0. The Balaban J connectivity index is 2.46. The summed E-state index contributed by atoms with van der Waals surface area (Å²) in [5, 5.41) is 3.01. The molecule has 0 aliphatic carbocycles. The summed E-state index contributed by atoms with van der Waals surface area (Å²) < 4.78 is 4.81. The molecule has 0 saturated carbocycles. The van der Waals surface area contributed by atoms with Gasteiger partial charge in [-0.25, -0.2) is 0 Å². The Labute approximate surface area is 95.8 Å². The second kappa shape index (κ2) is 6.12. The fourth-order valence-electron chi connectivity index (χ4n) is 1.47. The Bertz CT molecular complexity index is 344. The van der Waals surface area contributed by atoms with Crippen LogP contribution in [0.15, 0.2) is 18.2 Å². The number of anilines is 1. The number of esters is 1. The van der Waals surface area contributed by atoms with Gasteiger partial charge in [-0.1, -0.05) is 12.1 Å². The smallest absolute Gasteiger partial charge is 0.319 e. The lowest BCUT2D eigenvalue weighted by atomic mass is 10.1. The summed E-state index contributed by atoms with van der Waals surface area (Å²) in [5.74, 6) is -0.241. The van der Waals surface area contributed by atoms with Crippen molar-refractivity contribution in [2.75, 3.05) is 18.9 Å². The summed E-state index contributed by atoms with van der Waals surface area (Å²) in [6, 6.07) is 5.77. The predicted octanol–water partition coefficient (Wildman–Crippen LogP) is 1.23. The maximum Gasteiger partial charge on any atom is 0.319 e. The molecule has 0 aliphatic rings. The van der Waals surface area contributed by atoms with Gasteiger partial charge in [-0.05, 0) is 31.0 Å². The van der Waals surface area contributed by atoms with Gasteiger partial charge in [0.2, 0.25) is 0 Å². The van der Waals surface area contributed by atoms with E-state index in [-0.39, 0.29) is 12.5 Å². The number of rotatable bonds is 5. The van der Waals surface area contributed by atoms with E-state index in [0.29, 0.717) is 13.2 Å². The maximum absolute atomic E-state index is 11.1. The third-order valence-electron chi connectivity index (χ3n) is 2.32. The fraction of sp³-hybridized carbons (Fsp3) is 0.417. The van der Waals surface area contributed by atoms with Crippen molar-refractivity contribution in [1.29, 1.82) is 0 Å². The quantitative estimate of drug-likeness (QED) is 0.581. The molecule has 1 rings (SSSR count). The van der Waals surface area contributed by atoms with Crippen LogP contribution in [0.4, 0.5) is 5.69 Å². The first-order valence-corrected chi connectivity index (χ1v) is 5.35. The molecule has 4 nitrogen and oxygen atoms in total. The molecule has 0 spiro atoms. The molecule has 4 heteroatoms. The number of hydrogen-bond acceptors (Lipinski definition) is 4. The molecule has 3 N–H and O–H groups in total. The van der Waals surface area contributed by atoms with Crippen molar-refractivity contribution in [3.8, 4) is 0 Å². The first-order valence-electron chi connectivity index (χ1n) is 5.35. The second-order valence-electron chi connectivity index (χ2n) is 3.55. The third kappa shape index (κ3) is 3.55. The zero-order valence-corrected chi connectivity index (χ0v) is 9.75. The molecule has 0 bridgehead atoms. The largest absolute Gasteiger partial charge is 0.465 e. The van der Waals surface area contributed by atoms with E-state index in [2.05, 4.69) is 5.32 Å². The molecule has 0 unspecified atom stereocenters. The summed E-state index contributed by atoms with van der Waals surface area (Å²) in [6.45, 7) is 4.99. The molecule has 16 heavy (non-hydrogen) atoms. The summed E-state index contributed by atoms with van der Waals surface area (Å²) in [6.07, 6.45) is 0. The van der Waals surface area contributed by atoms with Gasteiger partial charge >= 0.3 is 5.97 Å². The van der Waals surface area contributed by atoms with Crippen molar-refractivity contribution in [2.24, 2.45) is 0 Å². The van der Waals surface area contributed by atoms with Crippen LogP contribution in [0.3, 0.4) is 0 Å². The second-order valence-corrected chi connectivity index (χ2v) is 3.55.